The van der Waals surface area contributed by atoms with Crippen molar-refractivity contribution in [3.63, 3.8) is 0 Å². The number of anilines is 1. The summed E-state index contributed by atoms with van der Waals surface area (Å²) in [6.07, 6.45) is 0. The van der Waals surface area contributed by atoms with E-state index in [9.17, 15) is 13.6 Å². The highest BCUT2D eigenvalue weighted by atomic mass is 32.2. The first-order chi connectivity index (χ1) is 14.5. The number of nitrogens with one attached hydrogen (secondary N) is 1. The lowest BCUT2D eigenvalue weighted by Gasteiger charge is -2.05. The maximum absolute atomic E-state index is 13.6. The molecule has 0 radical (unpaired) electrons. The predicted octanol–water partition coefficient (Wildman–Crippen LogP) is 3.54. The van der Waals surface area contributed by atoms with E-state index in [0.29, 0.717) is 16.5 Å². The molecule has 30 heavy (non-hydrogen) atoms. The lowest BCUT2D eigenvalue weighted by molar-refractivity contribution is -0.113. The van der Waals surface area contributed by atoms with Crippen LogP contribution in [0.5, 0.6) is 0 Å². The lowest BCUT2D eigenvalue weighted by atomic mass is 10.2. The zero-order valence-electron chi connectivity index (χ0n) is 15.5. The predicted molar refractivity (Wildman–Crippen MR) is 105 cm³/mol. The van der Waals surface area contributed by atoms with E-state index in [1.54, 1.807) is 23.7 Å². The molecular weight excluding hydrogens is 414 g/mol. The number of benzene rings is 2. The molecule has 11 heteroatoms. The van der Waals surface area contributed by atoms with E-state index in [0.717, 1.165) is 11.8 Å². The van der Waals surface area contributed by atoms with Gasteiger partial charge >= 0.3 is 0 Å². The Bertz CT molecular complexity index is 1190. The summed E-state index contributed by atoms with van der Waals surface area (Å²) < 4.78 is 33.5. The summed E-state index contributed by atoms with van der Waals surface area (Å²) in [5.74, 6) is -0.524. The molecule has 2 aromatic heterocycles. The van der Waals surface area contributed by atoms with Crippen LogP contribution in [0.3, 0.4) is 0 Å². The SMILES string of the molecule is Cn1c(SCC(=O)Nc2ccccc2F)nnc1-c1nc(-c2ccc(F)cc2)no1. The Morgan fingerprint density at radius 1 is 1.13 bits per heavy atom. The van der Waals surface area contributed by atoms with Crippen molar-refractivity contribution in [1.29, 1.82) is 0 Å². The van der Waals surface area contributed by atoms with Crippen LogP contribution >= 0.6 is 11.8 Å². The van der Waals surface area contributed by atoms with Crippen LogP contribution in [0.4, 0.5) is 14.5 Å². The van der Waals surface area contributed by atoms with Crippen molar-refractivity contribution in [2.75, 3.05) is 11.1 Å². The first kappa shape index (κ1) is 19.7. The van der Waals surface area contributed by atoms with Crippen LogP contribution < -0.4 is 5.32 Å². The number of hydrogen-bond donors (Lipinski definition) is 1. The number of aromatic nitrogens is 5. The summed E-state index contributed by atoms with van der Waals surface area (Å²) in [4.78, 5) is 16.3. The van der Waals surface area contributed by atoms with E-state index in [1.807, 2.05) is 0 Å². The largest absolute Gasteiger partial charge is 0.330 e. The summed E-state index contributed by atoms with van der Waals surface area (Å²) >= 11 is 1.12. The number of thioether (sulfide) groups is 1. The second kappa shape index (κ2) is 8.41. The molecule has 0 aliphatic carbocycles. The second-order valence-corrected chi connectivity index (χ2v) is 7.05. The second-order valence-electron chi connectivity index (χ2n) is 6.11. The van der Waals surface area contributed by atoms with Crippen LogP contribution in [0.25, 0.3) is 23.1 Å². The van der Waals surface area contributed by atoms with E-state index in [1.165, 1.54) is 36.4 Å². The van der Waals surface area contributed by atoms with E-state index >= 15 is 0 Å². The van der Waals surface area contributed by atoms with E-state index in [2.05, 4.69) is 25.7 Å². The molecule has 8 nitrogen and oxygen atoms in total. The quantitative estimate of drug-likeness (QED) is 0.469. The molecule has 0 aliphatic rings. The van der Waals surface area contributed by atoms with Gasteiger partial charge in [-0.2, -0.15) is 4.98 Å². The van der Waals surface area contributed by atoms with Gasteiger partial charge in [0.1, 0.15) is 11.6 Å². The van der Waals surface area contributed by atoms with E-state index < -0.39 is 5.82 Å². The third-order valence-corrected chi connectivity index (χ3v) is 5.06. The van der Waals surface area contributed by atoms with Gasteiger partial charge in [-0.05, 0) is 36.4 Å². The van der Waals surface area contributed by atoms with Crippen LogP contribution in [0.2, 0.25) is 0 Å². The van der Waals surface area contributed by atoms with Gasteiger partial charge in [0, 0.05) is 12.6 Å². The number of amides is 1. The minimum Gasteiger partial charge on any atom is -0.330 e. The Labute approximate surface area is 173 Å². The number of halogens is 2. The number of para-hydroxylation sites is 1. The standard InChI is InChI=1S/C19H14F2N6O2S/c1-27-17(18-23-16(26-29-18)11-6-8-12(20)9-7-11)24-25-19(27)30-10-15(28)22-14-5-3-2-4-13(14)21/h2-9H,10H2,1H3,(H,22,28). The van der Waals surface area contributed by atoms with Gasteiger partial charge in [-0.1, -0.05) is 29.1 Å². The molecular formula is C19H14F2N6O2S. The molecule has 2 heterocycles. The maximum atomic E-state index is 13.6. The topological polar surface area (TPSA) is 98.7 Å². The van der Waals surface area contributed by atoms with Crippen molar-refractivity contribution >= 4 is 23.4 Å². The van der Waals surface area contributed by atoms with Crippen molar-refractivity contribution in [3.8, 4) is 23.1 Å². The summed E-state index contributed by atoms with van der Waals surface area (Å²) in [7, 11) is 1.69. The maximum Gasteiger partial charge on any atom is 0.296 e. The Hall–Kier alpha value is -3.60. The summed E-state index contributed by atoms with van der Waals surface area (Å²) in [5, 5.41) is 14.9. The van der Waals surface area contributed by atoms with Crippen LogP contribution in [0.15, 0.2) is 58.2 Å². The van der Waals surface area contributed by atoms with Gasteiger partial charge in [0.15, 0.2) is 5.16 Å². The molecule has 1 N–H and O–H groups in total. The number of rotatable bonds is 6. The number of nitrogens with zero attached hydrogens (tertiary/aromatic N) is 5. The molecule has 0 saturated heterocycles. The first-order valence-corrected chi connectivity index (χ1v) is 9.66. The van der Waals surface area contributed by atoms with Gasteiger partial charge in [0.2, 0.25) is 17.6 Å². The van der Waals surface area contributed by atoms with Crippen molar-refractivity contribution in [1.82, 2.24) is 24.9 Å². The van der Waals surface area contributed by atoms with Gasteiger partial charge in [0.25, 0.3) is 5.89 Å². The fourth-order valence-corrected chi connectivity index (χ4v) is 3.25. The Morgan fingerprint density at radius 3 is 2.67 bits per heavy atom. The molecule has 0 fully saturated rings. The highest BCUT2D eigenvalue weighted by Crippen LogP contribution is 2.24. The van der Waals surface area contributed by atoms with Gasteiger partial charge in [-0.3, -0.25) is 4.79 Å². The van der Waals surface area contributed by atoms with Crippen molar-refractivity contribution < 1.29 is 18.1 Å². The third kappa shape index (κ3) is 4.20. The van der Waals surface area contributed by atoms with Crippen molar-refractivity contribution in [3.05, 3.63) is 60.2 Å². The fraction of sp³-hybridized carbons (Fsp3) is 0.105. The zero-order valence-corrected chi connectivity index (χ0v) is 16.4. The number of carbonyl (C=O) groups is 1. The first-order valence-electron chi connectivity index (χ1n) is 8.68. The molecule has 0 spiro atoms. The Kier molecular flexibility index (Phi) is 5.53. The van der Waals surface area contributed by atoms with Crippen LogP contribution in [-0.2, 0) is 11.8 Å². The zero-order chi connectivity index (χ0) is 21.1. The van der Waals surface area contributed by atoms with Gasteiger partial charge < -0.3 is 14.4 Å². The monoisotopic (exact) mass is 428 g/mol. The average Bonchev–Trinajstić information content (AvgIpc) is 3.35. The highest BCUT2D eigenvalue weighted by molar-refractivity contribution is 7.99. The van der Waals surface area contributed by atoms with E-state index in [4.69, 9.17) is 4.52 Å². The van der Waals surface area contributed by atoms with E-state index in [-0.39, 0.29) is 34.9 Å². The molecule has 1 amide bonds. The smallest absolute Gasteiger partial charge is 0.296 e. The van der Waals surface area contributed by atoms with Crippen LogP contribution in [-0.4, -0.2) is 36.6 Å². The molecule has 0 unspecified atom stereocenters. The minimum atomic E-state index is -0.509. The molecule has 4 aromatic rings. The summed E-state index contributed by atoms with van der Waals surface area (Å²) in [6.45, 7) is 0. The number of carbonyl (C=O) groups excluding carboxylic acids is 1. The third-order valence-electron chi connectivity index (χ3n) is 4.03. The highest BCUT2D eigenvalue weighted by Gasteiger charge is 2.19. The molecule has 0 atom stereocenters. The van der Waals surface area contributed by atoms with Gasteiger partial charge in [-0.25, -0.2) is 8.78 Å². The molecule has 0 aliphatic heterocycles. The van der Waals surface area contributed by atoms with Gasteiger partial charge in [0.05, 0.1) is 11.4 Å². The summed E-state index contributed by atoms with van der Waals surface area (Å²) in [5.41, 5.74) is 0.703. The Morgan fingerprint density at radius 2 is 1.90 bits per heavy atom. The van der Waals surface area contributed by atoms with Crippen molar-refractivity contribution in [2.45, 2.75) is 5.16 Å². The normalized spacial score (nSPS) is 10.9. The molecule has 0 bridgehead atoms. The summed E-state index contributed by atoms with van der Waals surface area (Å²) in [6, 6.07) is 11.6. The molecule has 152 valence electrons. The fourth-order valence-electron chi connectivity index (χ4n) is 2.54. The van der Waals surface area contributed by atoms with Gasteiger partial charge in [-0.15, -0.1) is 10.2 Å². The number of hydrogen-bond acceptors (Lipinski definition) is 7. The lowest BCUT2D eigenvalue weighted by Crippen LogP contribution is -2.15. The van der Waals surface area contributed by atoms with Crippen LogP contribution in [0.1, 0.15) is 0 Å². The van der Waals surface area contributed by atoms with Crippen molar-refractivity contribution in [2.24, 2.45) is 7.05 Å². The van der Waals surface area contributed by atoms with Crippen LogP contribution in [0, 0.1) is 11.6 Å². The minimum absolute atomic E-state index is 0.00493. The molecule has 4 rings (SSSR count). The molecule has 0 saturated carbocycles. The Balaban J connectivity index is 1.43. The molecule has 2 aromatic carbocycles. The average molecular weight is 428 g/mol.